The molecule has 0 saturated heterocycles. The van der Waals surface area contributed by atoms with Gasteiger partial charge in [-0.25, -0.2) is 14.4 Å². The van der Waals surface area contributed by atoms with Crippen molar-refractivity contribution >= 4 is 16.7 Å². The summed E-state index contributed by atoms with van der Waals surface area (Å²) in [6.07, 6.45) is 0. The SMILES string of the molecule is Cc1cc(F)cc(-c2nc(N)c3cccc(C)c3n2)c1. The van der Waals surface area contributed by atoms with Gasteiger partial charge in [-0.05, 0) is 49.2 Å². The zero-order valence-electron chi connectivity index (χ0n) is 11.3. The number of aromatic nitrogens is 2. The normalized spacial score (nSPS) is 10.9. The molecule has 0 aliphatic rings. The third-order valence-corrected chi connectivity index (χ3v) is 3.26. The summed E-state index contributed by atoms with van der Waals surface area (Å²) in [5, 5.41) is 0.821. The summed E-state index contributed by atoms with van der Waals surface area (Å²) in [6, 6.07) is 10.5. The molecule has 4 heteroatoms. The molecule has 0 spiro atoms. The van der Waals surface area contributed by atoms with Crippen LogP contribution in [0.2, 0.25) is 0 Å². The maximum atomic E-state index is 13.5. The lowest BCUT2D eigenvalue weighted by atomic mass is 10.1. The fraction of sp³-hybridized carbons (Fsp3) is 0.125. The summed E-state index contributed by atoms with van der Waals surface area (Å²) in [6.45, 7) is 3.80. The second kappa shape index (κ2) is 4.56. The molecule has 0 fully saturated rings. The predicted molar refractivity (Wildman–Crippen MR) is 78.8 cm³/mol. The van der Waals surface area contributed by atoms with E-state index < -0.39 is 0 Å². The van der Waals surface area contributed by atoms with Crippen LogP contribution in [0.3, 0.4) is 0 Å². The molecule has 3 nitrogen and oxygen atoms in total. The summed E-state index contributed by atoms with van der Waals surface area (Å²) in [5.74, 6) is 0.564. The highest BCUT2D eigenvalue weighted by molar-refractivity contribution is 5.91. The maximum absolute atomic E-state index is 13.5. The Hall–Kier alpha value is -2.49. The van der Waals surface area contributed by atoms with Crippen molar-refractivity contribution in [3.8, 4) is 11.4 Å². The van der Waals surface area contributed by atoms with Crippen LogP contribution >= 0.6 is 0 Å². The van der Waals surface area contributed by atoms with Gasteiger partial charge in [-0.1, -0.05) is 12.1 Å². The second-order valence-electron chi connectivity index (χ2n) is 4.92. The fourth-order valence-electron chi connectivity index (χ4n) is 2.31. The molecule has 3 aromatic rings. The molecule has 2 N–H and O–H groups in total. The Balaban J connectivity index is 2.29. The number of aryl methyl sites for hydroxylation is 2. The lowest BCUT2D eigenvalue weighted by Gasteiger charge is -2.08. The minimum Gasteiger partial charge on any atom is -0.383 e. The number of hydrogen-bond acceptors (Lipinski definition) is 3. The highest BCUT2D eigenvalue weighted by Crippen LogP contribution is 2.26. The summed E-state index contributed by atoms with van der Waals surface area (Å²) in [4.78, 5) is 8.83. The first-order chi connectivity index (χ1) is 9.54. The van der Waals surface area contributed by atoms with Crippen LogP contribution < -0.4 is 5.73 Å². The first-order valence-electron chi connectivity index (χ1n) is 6.35. The number of nitrogens with two attached hydrogens (primary N) is 1. The van der Waals surface area contributed by atoms with Crippen LogP contribution in [0.1, 0.15) is 11.1 Å². The van der Waals surface area contributed by atoms with E-state index in [1.807, 2.05) is 38.1 Å². The largest absolute Gasteiger partial charge is 0.383 e. The van der Waals surface area contributed by atoms with Crippen LogP contribution in [0.15, 0.2) is 36.4 Å². The van der Waals surface area contributed by atoms with Gasteiger partial charge in [0.05, 0.1) is 5.52 Å². The van der Waals surface area contributed by atoms with Gasteiger partial charge in [0.1, 0.15) is 11.6 Å². The molecular formula is C16H14FN3. The molecule has 0 amide bonds. The number of hydrogen-bond donors (Lipinski definition) is 1. The number of rotatable bonds is 1. The number of para-hydroxylation sites is 1. The third-order valence-electron chi connectivity index (χ3n) is 3.26. The minimum absolute atomic E-state index is 0.299. The van der Waals surface area contributed by atoms with E-state index in [1.54, 1.807) is 0 Å². The van der Waals surface area contributed by atoms with E-state index in [1.165, 1.54) is 12.1 Å². The topological polar surface area (TPSA) is 51.8 Å². The van der Waals surface area contributed by atoms with Crippen molar-refractivity contribution < 1.29 is 4.39 Å². The van der Waals surface area contributed by atoms with Crippen LogP contribution in [-0.4, -0.2) is 9.97 Å². The number of nitrogen functional groups attached to an aromatic ring is 1. The van der Waals surface area contributed by atoms with E-state index in [0.717, 1.165) is 22.0 Å². The van der Waals surface area contributed by atoms with Crippen LogP contribution in [0.25, 0.3) is 22.3 Å². The van der Waals surface area contributed by atoms with Gasteiger partial charge in [0, 0.05) is 10.9 Å². The molecule has 0 atom stereocenters. The fourth-order valence-corrected chi connectivity index (χ4v) is 2.31. The molecule has 20 heavy (non-hydrogen) atoms. The lowest BCUT2D eigenvalue weighted by molar-refractivity contribution is 0.627. The Morgan fingerprint density at radius 3 is 2.60 bits per heavy atom. The number of benzene rings is 2. The Morgan fingerprint density at radius 1 is 1.05 bits per heavy atom. The average molecular weight is 267 g/mol. The van der Waals surface area contributed by atoms with E-state index in [9.17, 15) is 4.39 Å². The van der Waals surface area contributed by atoms with E-state index in [2.05, 4.69) is 9.97 Å². The van der Waals surface area contributed by atoms with Gasteiger partial charge in [-0.2, -0.15) is 0 Å². The first-order valence-corrected chi connectivity index (χ1v) is 6.35. The van der Waals surface area contributed by atoms with Gasteiger partial charge in [-0.3, -0.25) is 0 Å². The van der Waals surface area contributed by atoms with E-state index in [4.69, 9.17) is 5.73 Å². The Labute approximate surface area is 116 Å². The summed E-state index contributed by atoms with van der Waals surface area (Å²) < 4.78 is 13.5. The number of halogens is 1. The van der Waals surface area contributed by atoms with Crippen LogP contribution in [0, 0.1) is 19.7 Å². The van der Waals surface area contributed by atoms with Gasteiger partial charge in [0.15, 0.2) is 5.82 Å². The summed E-state index contributed by atoms with van der Waals surface area (Å²) in [7, 11) is 0. The van der Waals surface area contributed by atoms with Crippen molar-refractivity contribution in [1.82, 2.24) is 9.97 Å². The zero-order valence-corrected chi connectivity index (χ0v) is 11.3. The minimum atomic E-state index is -0.299. The van der Waals surface area contributed by atoms with Crippen LogP contribution in [0.4, 0.5) is 10.2 Å². The number of nitrogens with zero attached hydrogens (tertiary/aromatic N) is 2. The van der Waals surface area contributed by atoms with Crippen molar-refractivity contribution in [1.29, 1.82) is 0 Å². The van der Waals surface area contributed by atoms with Gasteiger partial charge in [0.25, 0.3) is 0 Å². The molecule has 1 aromatic heterocycles. The molecule has 0 aliphatic carbocycles. The first kappa shape index (κ1) is 12.5. The van der Waals surface area contributed by atoms with Gasteiger partial charge >= 0.3 is 0 Å². The molecule has 0 aliphatic heterocycles. The monoisotopic (exact) mass is 267 g/mol. The van der Waals surface area contributed by atoms with Crippen molar-refractivity contribution in [2.75, 3.05) is 5.73 Å². The molecule has 0 bridgehead atoms. The van der Waals surface area contributed by atoms with Crippen molar-refractivity contribution in [3.63, 3.8) is 0 Å². The molecule has 2 aromatic carbocycles. The molecule has 100 valence electrons. The summed E-state index contributed by atoms with van der Waals surface area (Å²) in [5.41, 5.74) is 9.28. The molecular weight excluding hydrogens is 253 g/mol. The molecule has 0 unspecified atom stereocenters. The molecule has 1 heterocycles. The molecule has 0 saturated carbocycles. The van der Waals surface area contributed by atoms with Crippen LogP contribution in [0.5, 0.6) is 0 Å². The van der Waals surface area contributed by atoms with Crippen molar-refractivity contribution in [2.45, 2.75) is 13.8 Å². The summed E-state index contributed by atoms with van der Waals surface area (Å²) >= 11 is 0. The molecule has 0 radical (unpaired) electrons. The van der Waals surface area contributed by atoms with Crippen molar-refractivity contribution in [3.05, 3.63) is 53.3 Å². The third kappa shape index (κ3) is 2.09. The zero-order chi connectivity index (χ0) is 14.3. The van der Waals surface area contributed by atoms with Crippen molar-refractivity contribution in [2.24, 2.45) is 0 Å². The van der Waals surface area contributed by atoms with E-state index in [-0.39, 0.29) is 5.82 Å². The standard InChI is InChI=1S/C16H14FN3/c1-9-6-11(8-12(17)7-9)16-19-14-10(2)4-3-5-13(14)15(18)20-16/h3-8H,1-2H3,(H2,18,19,20). The quantitative estimate of drug-likeness (QED) is 0.732. The highest BCUT2D eigenvalue weighted by Gasteiger charge is 2.10. The maximum Gasteiger partial charge on any atom is 0.162 e. The van der Waals surface area contributed by atoms with Gasteiger partial charge in [-0.15, -0.1) is 0 Å². The molecule has 3 rings (SSSR count). The smallest absolute Gasteiger partial charge is 0.162 e. The predicted octanol–water partition coefficient (Wildman–Crippen LogP) is 3.63. The number of anilines is 1. The van der Waals surface area contributed by atoms with Gasteiger partial charge in [0.2, 0.25) is 0 Å². The van der Waals surface area contributed by atoms with Crippen LogP contribution in [-0.2, 0) is 0 Å². The number of fused-ring (bicyclic) bond motifs is 1. The highest BCUT2D eigenvalue weighted by atomic mass is 19.1. The second-order valence-corrected chi connectivity index (χ2v) is 4.92. The average Bonchev–Trinajstić information content (AvgIpc) is 2.38. The lowest BCUT2D eigenvalue weighted by Crippen LogP contribution is -1.99. The van der Waals surface area contributed by atoms with E-state index >= 15 is 0 Å². The van der Waals surface area contributed by atoms with Gasteiger partial charge < -0.3 is 5.73 Å². The van der Waals surface area contributed by atoms with E-state index in [0.29, 0.717) is 17.2 Å². The Bertz CT molecular complexity index is 792. The Morgan fingerprint density at radius 2 is 1.85 bits per heavy atom. The Kier molecular flexibility index (Phi) is 2.86.